The lowest BCUT2D eigenvalue weighted by molar-refractivity contribution is 0.0944. The van der Waals surface area contributed by atoms with Gasteiger partial charge >= 0.3 is 0 Å². The van der Waals surface area contributed by atoms with E-state index in [2.05, 4.69) is 10.3 Å². The van der Waals surface area contributed by atoms with Crippen molar-refractivity contribution in [3.63, 3.8) is 0 Å². The van der Waals surface area contributed by atoms with Crippen LogP contribution in [-0.2, 0) is 13.2 Å². The molecular weight excluding hydrogens is 427 g/mol. The van der Waals surface area contributed by atoms with E-state index in [0.29, 0.717) is 33.7 Å². The van der Waals surface area contributed by atoms with Crippen LogP contribution in [0.15, 0.2) is 70.7 Å². The van der Waals surface area contributed by atoms with Gasteiger partial charge in [0.1, 0.15) is 34.6 Å². The fourth-order valence-corrected chi connectivity index (χ4v) is 3.63. The highest BCUT2D eigenvalue weighted by atomic mass is 35.5. The van der Waals surface area contributed by atoms with Gasteiger partial charge in [-0.05, 0) is 42.0 Å². The Balaban J connectivity index is 1.40. The third-order valence-electron chi connectivity index (χ3n) is 4.23. The van der Waals surface area contributed by atoms with Crippen LogP contribution in [0.25, 0.3) is 10.6 Å². The Morgan fingerprint density at radius 3 is 2.77 bits per heavy atom. The number of carbonyl (C=O) groups is 1. The van der Waals surface area contributed by atoms with Gasteiger partial charge in [-0.2, -0.15) is 0 Å². The molecule has 0 bridgehead atoms. The molecule has 2 aromatic carbocycles. The average Bonchev–Trinajstić information content (AvgIpc) is 3.44. The van der Waals surface area contributed by atoms with Gasteiger partial charge in [0.15, 0.2) is 0 Å². The lowest BCUT2D eigenvalue weighted by atomic mass is 10.2. The van der Waals surface area contributed by atoms with E-state index in [1.807, 2.05) is 12.1 Å². The summed E-state index contributed by atoms with van der Waals surface area (Å²) < 4.78 is 25.4. The summed E-state index contributed by atoms with van der Waals surface area (Å²) in [5, 5.41) is 5.37. The van der Waals surface area contributed by atoms with Crippen molar-refractivity contribution < 1.29 is 18.3 Å². The number of aromatic nitrogens is 1. The molecule has 4 aromatic rings. The Morgan fingerprint density at radius 2 is 2.03 bits per heavy atom. The van der Waals surface area contributed by atoms with Gasteiger partial charge in [-0.1, -0.05) is 23.7 Å². The highest BCUT2D eigenvalue weighted by Crippen LogP contribution is 2.29. The first-order valence-electron chi connectivity index (χ1n) is 9.02. The second-order valence-electron chi connectivity index (χ2n) is 6.36. The van der Waals surface area contributed by atoms with Gasteiger partial charge in [0, 0.05) is 22.0 Å². The van der Waals surface area contributed by atoms with Gasteiger partial charge in [-0.25, -0.2) is 9.37 Å². The Hall–Kier alpha value is -3.16. The molecule has 0 saturated carbocycles. The first-order valence-corrected chi connectivity index (χ1v) is 10.3. The number of nitrogens with one attached hydrogen (secondary N) is 1. The maximum Gasteiger partial charge on any atom is 0.271 e. The van der Waals surface area contributed by atoms with Crippen LogP contribution in [0.4, 0.5) is 4.39 Å². The van der Waals surface area contributed by atoms with Crippen molar-refractivity contribution in [2.45, 2.75) is 13.2 Å². The minimum absolute atomic E-state index is 0.226. The van der Waals surface area contributed by atoms with Crippen molar-refractivity contribution in [2.75, 3.05) is 0 Å². The van der Waals surface area contributed by atoms with Crippen molar-refractivity contribution in [2.24, 2.45) is 0 Å². The first-order chi connectivity index (χ1) is 14.6. The summed E-state index contributed by atoms with van der Waals surface area (Å²) in [6.45, 7) is 0.555. The molecule has 0 fully saturated rings. The Morgan fingerprint density at radius 1 is 1.20 bits per heavy atom. The Labute approximate surface area is 181 Å². The van der Waals surface area contributed by atoms with Crippen molar-refractivity contribution in [3.8, 4) is 16.3 Å². The topological polar surface area (TPSA) is 64.4 Å². The van der Waals surface area contributed by atoms with Crippen molar-refractivity contribution >= 4 is 28.8 Å². The second-order valence-corrected chi connectivity index (χ2v) is 7.65. The fourth-order valence-electron chi connectivity index (χ4n) is 2.68. The molecule has 0 atom stereocenters. The van der Waals surface area contributed by atoms with E-state index in [9.17, 15) is 9.18 Å². The highest BCUT2D eigenvalue weighted by molar-refractivity contribution is 7.13. The van der Waals surface area contributed by atoms with Crippen LogP contribution in [0.1, 0.15) is 21.8 Å². The van der Waals surface area contributed by atoms with E-state index in [1.165, 1.54) is 23.7 Å². The molecule has 5 nitrogen and oxygen atoms in total. The minimum Gasteiger partial charge on any atom is -0.489 e. The van der Waals surface area contributed by atoms with Crippen LogP contribution >= 0.6 is 22.9 Å². The van der Waals surface area contributed by atoms with E-state index in [0.717, 1.165) is 5.56 Å². The summed E-state index contributed by atoms with van der Waals surface area (Å²) in [5.41, 5.74) is 1.46. The third-order valence-corrected chi connectivity index (χ3v) is 5.36. The van der Waals surface area contributed by atoms with Gasteiger partial charge < -0.3 is 14.5 Å². The predicted octanol–water partition coefficient (Wildman–Crippen LogP) is 5.70. The maximum absolute atomic E-state index is 14.6. The van der Waals surface area contributed by atoms with Crippen LogP contribution < -0.4 is 10.1 Å². The molecular formula is C22H16ClFN2O3S. The number of carbonyl (C=O) groups excluding carboxylic acids is 1. The van der Waals surface area contributed by atoms with E-state index in [-0.39, 0.29) is 18.1 Å². The van der Waals surface area contributed by atoms with Crippen LogP contribution in [0, 0.1) is 5.82 Å². The molecule has 0 saturated heterocycles. The van der Waals surface area contributed by atoms with Gasteiger partial charge in [-0.15, -0.1) is 11.3 Å². The number of ether oxygens (including phenoxy) is 1. The first kappa shape index (κ1) is 20.1. The Bertz CT molecular complexity index is 1140. The lowest BCUT2D eigenvalue weighted by Gasteiger charge is -2.08. The second kappa shape index (κ2) is 9.11. The summed E-state index contributed by atoms with van der Waals surface area (Å²) in [6, 6.07) is 15.3. The van der Waals surface area contributed by atoms with E-state index >= 15 is 0 Å². The molecule has 2 heterocycles. The predicted molar refractivity (Wildman–Crippen MR) is 113 cm³/mol. The highest BCUT2D eigenvalue weighted by Gasteiger charge is 2.15. The van der Waals surface area contributed by atoms with Crippen LogP contribution in [-0.4, -0.2) is 10.9 Å². The molecule has 8 heteroatoms. The molecule has 0 unspecified atom stereocenters. The minimum atomic E-state index is -0.472. The molecule has 1 N–H and O–H groups in total. The van der Waals surface area contributed by atoms with Gasteiger partial charge in [0.25, 0.3) is 5.91 Å². The van der Waals surface area contributed by atoms with Crippen molar-refractivity contribution in [1.29, 1.82) is 0 Å². The van der Waals surface area contributed by atoms with Gasteiger partial charge in [-0.3, -0.25) is 4.79 Å². The summed E-state index contributed by atoms with van der Waals surface area (Å²) in [5.74, 6) is 0.218. The molecule has 0 aliphatic carbocycles. The molecule has 30 heavy (non-hydrogen) atoms. The fraction of sp³-hybridized carbons (Fsp3) is 0.0909. The standard InChI is InChI=1S/C22H16ClFN2O3S/c23-15-5-3-14(4-6-15)12-29-16-7-8-18(19(24)10-16)22-26-20(13-30-22)21(27)25-11-17-2-1-9-28-17/h1-10,13H,11-12H2,(H,25,27). The quantitative estimate of drug-likeness (QED) is 0.398. The molecule has 0 aliphatic rings. The lowest BCUT2D eigenvalue weighted by Crippen LogP contribution is -2.22. The number of thiazole rings is 1. The number of hydrogen-bond donors (Lipinski definition) is 1. The normalized spacial score (nSPS) is 10.7. The average molecular weight is 443 g/mol. The summed E-state index contributed by atoms with van der Waals surface area (Å²) in [7, 11) is 0. The molecule has 152 valence electrons. The van der Waals surface area contributed by atoms with Gasteiger partial charge in [0.2, 0.25) is 0 Å². The summed E-state index contributed by atoms with van der Waals surface area (Å²) in [4.78, 5) is 16.5. The maximum atomic E-state index is 14.6. The molecule has 1 amide bonds. The zero-order valence-electron chi connectivity index (χ0n) is 15.6. The molecule has 0 aliphatic heterocycles. The number of benzene rings is 2. The monoisotopic (exact) mass is 442 g/mol. The Kier molecular flexibility index (Phi) is 6.11. The van der Waals surface area contributed by atoms with Crippen molar-refractivity contribution in [1.82, 2.24) is 10.3 Å². The number of halogens is 2. The molecule has 0 spiro atoms. The van der Waals surface area contributed by atoms with Crippen molar-refractivity contribution in [3.05, 3.63) is 94.1 Å². The number of amides is 1. The van der Waals surface area contributed by atoms with E-state index < -0.39 is 5.82 Å². The number of furan rings is 1. The molecule has 2 aromatic heterocycles. The van der Waals surface area contributed by atoms with Crippen LogP contribution in [0.3, 0.4) is 0 Å². The third kappa shape index (κ3) is 4.87. The largest absolute Gasteiger partial charge is 0.489 e. The van der Waals surface area contributed by atoms with Gasteiger partial charge in [0.05, 0.1) is 12.8 Å². The summed E-state index contributed by atoms with van der Waals surface area (Å²) >= 11 is 7.06. The zero-order valence-corrected chi connectivity index (χ0v) is 17.2. The summed E-state index contributed by atoms with van der Waals surface area (Å²) in [6.07, 6.45) is 1.54. The zero-order chi connectivity index (χ0) is 20.9. The molecule has 4 rings (SSSR count). The van der Waals surface area contributed by atoms with E-state index in [4.69, 9.17) is 20.8 Å². The SMILES string of the molecule is O=C(NCc1ccco1)c1csc(-c2ccc(OCc3ccc(Cl)cc3)cc2F)n1. The van der Waals surface area contributed by atoms with Crippen LogP contribution in [0.2, 0.25) is 5.02 Å². The number of rotatable bonds is 7. The van der Waals surface area contributed by atoms with Crippen LogP contribution in [0.5, 0.6) is 5.75 Å². The smallest absolute Gasteiger partial charge is 0.271 e. The molecule has 0 radical (unpaired) electrons. The van der Waals surface area contributed by atoms with E-state index in [1.54, 1.807) is 41.8 Å². The number of nitrogens with zero attached hydrogens (tertiary/aromatic N) is 1. The number of hydrogen-bond acceptors (Lipinski definition) is 5.